The van der Waals surface area contributed by atoms with Crippen LogP contribution in [0.5, 0.6) is 5.75 Å². The Morgan fingerprint density at radius 2 is 1.54 bits per heavy atom. The lowest BCUT2D eigenvalue weighted by molar-refractivity contribution is -0.113. The summed E-state index contributed by atoms with van der Waals surface area (Å²) in [5, 5.41) is 14.4. The van der Waals surface area contributed by atoms with Crippen LogP contribution < -0.4 is 10.1 Å². The number of nitrogens with zero attached hydrogens (tertiary/aromatic N) is 3. The summed E-state index contributed by atoms with van der Waals surface area (Å²) in [5.41, 5.74) is 5.53. The van der Waals surface area contributed by atoms with Gasteiger partial charge in [-0.2, -0.15) is 0 Å². The first-order chi connectivity index (χ1) is 17.2. The predicted molar refractivity (Wildman–Crippen MR) is 138 cm³/mol. The van der Waals surface area contributed by atoms with Gasteiger partial charge in [0.1, 0.15) is 23.7 Å². The number of hydrogen-bond donors (Lipinski definition) is 1. The number of benzene rings is 4. The van der Waals surface area contributed by atoms with E-state index in [-0.39, 0.29) is 11.7 Å². The summed E-state index contributed by atoms with van der Waals surface area (Å²) in [6, 6.07) is 29.7. The summed E-state index contributed by atoms with van der Waals surface area (Å²) in [6.07, 6.45) is 0. The van der Waals surface area contributed by atoms with Crippen molar-refractivity contribution in [2.45, 2.75) is 11.8 Å². The summed E-state index contributed by atoms with van der Waals surface area (Å²) >= 11 is 1.27. The Morgan fingerprint density at radius 1 is 0.800 bits per heavy atom. The molecular formula is C28H20N4O2S. The van der Waals surface area contributed by atoms with Gasteiger partial charge in [-0.3, -0.25) is 4.79 Å². The number of aromatic nitrogens is 3. The lowest BCUT2D eigenvalue weighted by atomic mass is 10.0. The molecule has 0 aliphatic heterocycles. The Bertz CT molecular complexity index is 1530. The third-order valence-electron chi connectivity index (χ3n) is 5.80. The molecular weight excluding hydrogens is 456 g/mol. The second kappa shape index (κ2) is 9.19. The molecule has 0 unspecified atom stereocenters. The number of anilines is 1. The number of nitrogens with one attached hydrogen (secondary N) is 1. The molecule has 5 aromatic rings. The highest BCUT2D eigenvalue weighted by Gasteiger charge is 2.25. The molecule has 170 valence electrons. The van der Waals surface area contributed by atoms with Crippen LogP contribution in [0.1, 0.15) is 5.56 Å². The van der Waals surface area contributed by atoms with Gasteiger partial charge in [-0.1, -0.05) is 78.5 Å². The molecule has 0 spiro atoms. The number of fused-ring (bicyclic) bond motifs is 3. The quantitative estimate of drug-likeness (QED) is 0.286. The monoisotopic (exact) mass is 476 g/mol. The Kier molecular flexibility index (Phi) is 5.60. The molecule has 7 heteroatoms. The zero-order chi connectivity index (χ0) is 23.6. The predicted octanol–water partition coefficient (Wildman–Crippen LogP) is 5.98. The van der Waals surface area contributed by atoms with E-state index in [0.29, 0.717) is 17.5 Å². The molecule has 6 rings (SSSR count). The fraction of sp³-hybridized carbons (Fsp3) is 0.0714. The third-order valence-corrected chi connectivity index (χ3v) is 6.64. The second-order valence-electron chi connectivity index (χ2n) is 8.14. The van der Waals surface area contributed by atoms with Gasteiger partial charge < -0.3 is 10.1 Å². The number of carbonyl (C=O) groups excluding carboxylic acids is 1. The average molecular weight is 477 g/mol. The van der Waals surface area contributed by atoms with Crippen molar-refractivity contribution < 1.29 is 9.53 Å². The summed E-state index contributed by atoms with van der Waals surface area (Å²) in [5.74, 6) is 0.793. The molecule has 6 nitrogen and oxygen atoms in total. The molecule has 0 atom stereocenters. The van der Waals surface area contributed by atoms with Crippen LogP contribution in [0.3, 0.4) is 0 Å². The van der Waals surface area contributed by atoms with Gasteiger partial charge in [0.25, 0.3) is 0 Å². The zero-order valence-electron chi connectivity index (χ0n) is 18.6. The van der Waals surface area contributed by atoms with Gasteiger partial charge in [-0.15, -0.1) is 10.2 Å². The van der Waals surface area contributed by atoms with Crippen molar-refractivity contribution in [2.24, 2.45) is 0 Å². The van der Waals surface area contributed by atoms with E-state index in [4.69, 9.17) is 9.72 Å². The van der Waals surface area contributed by atoms with Crippen LogP contribution in [0.25, 0.3) is 33.3 Å². The largest absolute Gasteiger partial charge is 0.489 e. The van der Waals surface area contributed by atoms with Crippen LogP contribution in [-0.4, -0.2) is 26.8 Å². The molecule has 1 aliphatic rings. The number of carbonyl (C=O) groups is 1. The summed E-state index contributed by atoms with van der Waals surface area (Å²) in [4.78, 5) is 17.2. The molecule has 0 bridgehead atoms. The number of ether oxygens (including phenoxy) is 1. The van der Waals surface area contributed by atoms with Crippen molar-refractivity contribution in [3.05, 3.63) is 96.6 Å². The Morgan fingerprint density at radius 3 is 2.31 bits per heavy atom. The maximum absolute atomic E-state index is 12.5. The van der Waals surface area contributed by atoms with Gasteiger partial charge in [0.15, 0.2) is 0 Å². The Hall–Kier alpha value is -4.23. The van der Waals surface area contributed by atoms with Crippen molar-refractivity contribution >= 4 is 34.1 Å². The molecule has 0 saturated carbocycles. The minimum atomic E-state index is -0.137. The van der Waals surface area contributed by atoms with Gasteiger partial charge >= 0.3 is 0 Å². The Labute approximate surface area is 206 Å². The van der Waals surface area contributed by atoms with E-state index in [1.807, 2.05) is 72.8 Å². The van der Waals surface area contributed by atoms with Gasteiger partial charge in [0, 0.05) is 22.2 Å². The molecule has 1 aliphatic carbocycles. The standard InChI is InChI=1S/C28H20N4O2S/c33-24(29-20-12-14-21(15-13-20)34-16-18-6-2-1-3-7-18)17-35-28-30-26-22-10-4-8-19-9-5-11-23(25(19)22)27(26)31-32-28/h1-15H,16-17H2,(H,29,33). The Balaban J connectivity index is 1.07. The van der Waals surface area contributed by atoms with E-state index >= 15 is 0 Å². The number of rotatable bonds is 7. The van der Waals surface area contributed by atoms with Gasteiger partial charge in [-0.05, 0) is 35.2 Å². The second-order valence-corrected chi connectivity index (χ2v) is 9.08. The number of amides is 1. The molecule has 35 heavy (non-hydrogen) atoms. The maximum Gasteiger partial charge on any atom is 0.234 e. The zero-order valence-corrected chi connectivity index (χ0v) is 19.5. The van der Waals surface area contributed by atoms with Crippen LogP contribution >= 0.6 is 11.8 Å². The van der Waals surface area contributed by atoms with Crippen LogP contribution in [0, 0.1) is 0 Å². The van der Waals surface area contributed by atoms with Gasteiger partial charge in [0.2, 0.25) is 11.1 Å². The van der Waals surface area contributed by atoms with Crippen molar-refractivity contribution in [3.63, 3.8) is 0 Å². The van der Waals surface area contributed by atoms with Crippen LogP contribution in [-0.2, 0) is 11.4 Å². The average Bonchev–Trinajstić information content (AvgIpc) is 3.23. The van der Waals surface area contributed by atoms with Crippen LogP contribution in [0.4, 0.5) is 5.69 Å². The highest BCUT2D eigenvalue weighted by Crippen LogP contribution is 2.44. The van der Waals surface area contributed by atoms with Crippen molar-refractivity contribution in [3.8, 4) is 28.3 Å². The molecule has 1 amide bonds. The smallest absolute Gasteiger partial charge is 0.234 e. The topological polar surface area (TPSA) is 77.0 Å². The first-order valence-electron chi connectivity index (χ1n) is 11.2. The fourth-order valence-electron chi connectivity index (χ4n) is 4.18. The molecule has 0 radical (unpaired) electrons. The normalized spacial score (nSPS) is 11.3. The molecule has 4 aromatic carbocycles. The van der Waals surface area contributed by atoms with E-state index in [9.17, 15) is 4.79 Å². The summed E-state index contributed by atoms with van der Waals surface area (Å²) in [7, 11) is 0. The minimum absolute atomic E-state index is 0.137. The molecule has 1 heterocycles. The first kappa shape index (κ1) is 21.3. The fourth-order valence-corrected chi connectivity index (χ4v) is 4.77. The van der Waals surface area contributed by atoms with Gasteiger partial charge in [0.05, 0.1) is 5.75 Å². The number of hydrogen-bond acceptors (Lipinski definition) is 6. The van der Waals surface area contributed by atoms with Crippen molar-refractivity contribution in [1.82, 2.24) is 15.2 Å². The van der Waals surface area contributed by atoms with E-state index in [1.165, 1.54) is 11.8 Å². The SMILES string of the molecule is O=C(CSc1nnc2c(n1)-c1cccc3cccc-2c13)Nc1ccc(OCc2ccccc2)cc1. The molecule has 0 fully saturated rings. The number of thioether (sulfide) groups is 1. The highest BCUT2D eigenvalue weighted by atomic mass is 32.2. The third kappa shape index (κ3) is 4.34. The molecule has 1 aromatic heterocycles. The molecule has 0 saturated heterocycles. The van der Waals surface area contributed by atoms with Gasteiger partial charge in [-0.25, -0.2) is 4.98 Å². The van der Waals surface area contributed by atoms with Crippen molar-refractivity contribution in [1.29, 1.82) is 0 Å². The lowest BCUT2D eigenvalue weighted by Crippen LogP contribution is -2.14. The van der Waals surface area contributed by atoms with Crippen LogP contribution in [0.2, 0.25) is 0 Å². The summed E-state index contributed by atoms with van der Waals surface area (Å²) < 4.78 is 5.80. The van der Waals surface area contributed by atoms with E-state index in [1.54, 1.807) is 0 Å². The maximum atomic E-state index is 12.5. The van der Waals surface area contributed by atoms with Crippen LogP contribution in [0.15, 0.2) is 96.2 Å². The highest BCUT2D eigenvalue weighted by molar-refractivity contribution is 7.99. The van der Waals surface area contributed by atoms with E-state index in [0.717, 1.165) is 44.6 Å². The summed E-state index contributed by atoms with van der Waals surface area (Å²) in [6.45, 7) is 0.498. The van der Waals surface area contributed by atoms with E-state index < -0.39 is 0 Å². The minimum Gasteiger partial charge on any atom is -0.489 e. The lowest BCUT2D eigenvalue weighted by Gasteiger charge is -2.08. The molecule has 1 N–H and O–H groups in total. The first-order valence-corrected chi connectivity index (χ1v) is 12.2. The van der Waals surface area contributed by atoms with Crippen molar-refractivity contribution in [2.75, 3.05) is 11.1 Å². The van der Waals surface area contributed by atoms with E-state index in [2.05, 4.69) is 33.7 Å².